The molecule has 0 saturated carbocycles. The summed E-state index contributed by atoms with van der Waals surface area (Å²) in [7, 11) is 2.51. The van der Waals surface area contributed by atoms with E-state index in [2.05, 4.69) is 4.74 Å². The fourth-order valence-electron chi connectivity index (χ4n) is 1.85. The van der Waals surface area contributed by atoms with Crippen LogP contribution in [0.1, 0.15) is 27.0 Å². The third kappa shape index (κ3) is 3.09. The van der Waals surface area contributed by atoms with Crippen molar-refractivity contribution in [3.05, 3.63) is 28.6 Å². The molecule has 0 amide bonds. The molecule has 1 aromatic carbocycles. The average molecular weight is 322 g/mol. The molecular weight excluding hydrogens is 308 g/mol. The number of Topliss-reactive ketones (excluding diaryl/α,β-unsaturated/α-hetero) is 1. The molecule has 7 heteroatoms. The molecule has 116 valence electrons. The zero-order valence-electron chi connectivity index (χ0n) is 12.3. The number of hydrogen-bond donors (Lipinski definition) is 0. The molecule has 0 N–H and O–H groups in total. The molecule has 2 rings (SSSR count). The molecule has 6 nitrogen and oxygen atoms in total. The monoisotopic (exact) mass is 322 g/mol. The topological polar surface area (TPSA) is 78.9 Å². The predicted molar refractivity (Wildman–Crippen MR) is 80.7 cm³/mol. The molecule has 0 spiro atoms. The van der Waals surface area contributed by atoms with E-state index in [0.29, 0.717) is 15.6 Å². The smallest absolute Gasteiger partial charge is 0.351 e. The molecule has 1 aromatic heterocycles. The quantitative estimate of drug-likeness (QED) is 0.621. The number of benzene rings is 1. The van der Waals surface area contributed by atoms with E-state index in [9.17, 15) is 14.4 Å². The van der Waals surface area contributed by atoms with Gasteiger partial charge in [0, 0.05) is 15.6 Å². The van der Waals surface area contributed by atoms with Gasteiger partial charge < -0.3 is 14.2 Å². The van der Waals surface area contributed by atoms with Gasteiger partial charge in [-0.05, 0) is 19.1 Å². The van der Waals surface area contributed by atoms with E-state index in [4.69, 9.17) is 9.47 Å². The maximum Gasteiger partial charge on any atom is 0.351 e. The molecule has 0 aliphatic carbocycles. The van der Waals surface area contributed by atoms with E-state index in [1.807, 2.05) is 0 Å². The Hall–Kier alpha value is -2.41. The molecule has 22 heavy (non-hydrogen) atoms. The number of carbonyl (C=O) groups is 3. The molecular formula is C15H14O6S. The number of esters is 2. The first-order valence-electron chi connectivity index (χ1n) is 6.33. The summed E-state index contributed by atoms with van der Waals surface area (Å²) in [6.45, 7) is 1.14. The fourth-order valence-corrected chi connectivity index (χ4v) is 2.96. The minimum absolute atomic E-state index is 0.0769. The third-order valence-corrected chi connectivity index (χ3v) is 4.10. The van der Waals surface area contributed by atoms with Crippen molar-refractivity contribution in [2.75, 3.05) is 20.8 Å². The molecule has 2 aromatic rings. The summed E-state index contributed by atoms with van der Waals surface area (Å²) in [5, 5.41) is 0.638. The Kier molecular flexibility index (Phi) is 4.77. The number of rotatable bonds is 5. The molecule has 0 aliphatic rings. The summed E-state index contributed by atoms with van der Waals surface area (Å²) in [6.07, 6.45) is 0. The number of methoxy groups -OCH3 is 2. The van der Waals surface area contributed by atoms with Crippen LogP contribution in [0.4, 0.5) is 0 Å². The second-order valence-electron chi connectivity index (χ2n) is 4.38. The Morgan fingerprint density at radius 2 is 1.86 bits per heavy atom. The van der Waals surface area contributed by atoms with Gasteiger partial charge >= 0.3 is 11.9 Å². The minimum Gasteiger partial charge on any atom is -0.479 e. The van der Waals surface area contributed by atoms with Crippen LogP contribution in [0.3, 0.4) is 0 Å². The summed E-state index contributed by atoms with van der Waals surface area (Å²) in [6, 6.07) is 5.00. The number of fused-ring (bicyclic) bond motifs is 1. The van der Waals surface area contributed by atoms with Crippen molar-refractivity contribution >= 4 is 39.1 Å². The van der Waals surface area contributed by atoms with E-state index < -0.39 is 11.9 Å². The van der Waals surface area contributed by atoms with Crippen LogP contribution in [0.2, 0.25) is 0 Å². The van der Waals surface area contributed by atoms with Gasteiger partial charge in [-0.2, -0.15) is 0 Å². The Morgan fingerprint density at radius 3 is 2.45 bits per heavy atom. The highest BCUT2D eigenvalue weighted by Crippen LogP contribution is 2.38. The Balaban J connectivity index is 2.51. The van der Waals surface area contributed by atoms with Crippen molar-refractivity contribution in [2.45, 2.75) is 6.92 Å². The van der Waals surface area contributed by atoms with Crippen molar-refractivity contribution in [1.82, 2.24) is 0 Å². The van der Waals surface area contributed by atoms with Crippen molar-refractivity contribution in [3.8, 4) is 5.75 Å². The van der Waals surface area contributed by atoms with Gasteiger partial charge in [-0.15, -0.1) is 11.3 Å². The highest BCUT2D eigenvalue weighted by atomic mass is 32.1. The first-order valence-corrected chi connectivity index (χ1v) is 7.15. The third-order valence-electron chi connectivity index (χ3n) is 2.98. The predicted octanol–water partition coefficient (Wildman–Crippen LogP) is 2.44. The van der Waals surface area contributed by atoms with Crippen LogP contribution in [0.5, 0.6) is 5.75 Å². The van der Waals surface area contributed by atoms with Crippen molar-refractivity contribution < 1.29 is 28.6 Å². The van der Waals surface area contributed by atoms with Crippen LogP contribution in [0, 0.1) is 0 Å². The maximum atomic E-state index is 11.9. The summed E-state index contributed by atoms with van der Waals surface area (Å²) in [5.74, 6) is -0.944. The summed E-state index contributed by atoms with van der Waals surface area (Å²) in [4.78, 5) is 34.8. The second kappa shape index (κ2) is 6.57. The minimum atomic E-state index is -0.564. The largest absolute Gasteiger partial charge is 0.479 e. The van der Waals surface area contributed by atoms with Crippen molar-refractivity contribution in [2.24, 2.45) is 0 Å². The lowest BCUT2D eigenvalue weighted by atomic mass is 10.1. The normalized spacial score (nSPS) is 10.3. The van der Waals surface area contributed by atoms with Gasteiger partial charge in [-0.1, -0.05) is 6.07 Å². The van der Waals surface area contributed by atoms with E-state index >= 15 is 0 Å². The van der Waals surface area contributed by atoms with Gasteiger partial charge in [0.15, 0.2) is 23.0 Å². The fraction of sp³-hybridized carbons (Fsp3) is 0.267. The zero-order valence-corrected chi connectivity index (χ0v) is 13.1. The van der Waals surface area contributed by atoms with Crippen LogP contribution >= 0.6 is 11.3 Å². The molecule has 0 fully saturated rings. The standard InChI is InChI=1S/C15H14O6S/c1-8(16)9-4-5-10-11(6-9)22-14(15(18)20-3)13(10)21-7-12(17)19-2/h4-6H,7H2,1-3H3. The molecule has 0 radical (unpaired) electrons. The van der Waals surface area contributed by atoms with Gasteiger partial charge in [0.1, 0.15) is 0 Å². The van der Waals surface area contributed by atoms with E-state index in [1.165, 1.54) is 21.1 Å². The first-order chi connectivity index (χ1) is 10.5. The summed E-state index contributed by atoms with van der Waals surface area (Å²) in [5.41, 5.74) is 0.532. The lowest BCUT2D eigenvalue weighted by Gasteiger charge is -2.06. The summed E-state index contributed by atoms with van der Waals surface area (Å²) < 4.78 is 15.4. The van der Waals surface area contributed by atoms with Gasteiger partial charge in [-0.25, -0.2) is 9.59 Å². The molecule has 0 saturated heterocycles. The number of hydrogen-bond acceptors (Lipinski definition) is 7. The van der Waals surface area contributed by atoms with Crippen LogP contribution in [0.25, 0.3) is 10.1 Å². The highest BCUT2D eigenvalue weighted by Gasteiger charge is 2.22. The first kappa shape index (κ1) is 16.0. The number of thiophene rings is 1. The van der Waals surface area contributed by atoms with E-state index in [0.717, 1.165) is 11.3 Å². The van der Waals surface area contributed by atoms with Gasteiger partial charge in [-0.3, -0.25) is 4.79 Å². The number of carbonyl (C=O) groups excluding carboxylic acids is 3. The molecule has 0 aliphatic heterocycles. The molecule has 1 heterocycles. The van der Waals surface area contributed by atoms with Gasteiger partial charge in [0.05, 0.1) is 14.2 Å². The Bertz CT molecular complexity index is 746. The second-order valence-corrected chi connectivity index (χ2v) is 5.44. The van der Waals surface area contributed by atoms with Crippen LogP contribution in [-0.2, 0) is 14.3 Å². The van der Waals surface area contributed by atoms with Crippen molar-refractivity contribution in [3.63, 3.8) is 0 Å². The maximum absolute atomic E-state index is 11.9. The van der Waals surface area contributed by atoms with Crippen LogP contribution < -0.4 is 4.74 Å². The van der Waals surface area contributed by atoms with E-state index in [1.54, 1.807) is 18.2 Å². The molecule has 0 bridgehead atoms. The Morgan fingerprint density at radius 1 is 1.14 bits per heavy atom. The molecule has 0 unspecified atom stereocenters. The van der Waals surface area contributed by atoms with Crippen LogP contribution in [0.15, 0.2) is 18.2 Å². The van der Waals surface area contributed by atoms with Gasteiger partial charge in [0.2, 0.25) is 0 Å². The van der Waals surface area contributed by atoms with Crippen LogP contribution in [-0.4, -0.2) is 38.5 Å². The number of ether oxygens (including phenoxy) is 3. The van der Waals surface area contributed by atoms with Crippen molar-refractivity contribution in [1.29, 1.82) is 0 Å². The average Bonchev–Trinajstić information content (AvgIpc) is 2.89. The highest BCUT2D eigenvalue weighted by molar-refractivity contribution is 7.21. The van der Waals surface area contributed by atoms with E-state index in [-0.39, 0.29) is 23.0 Å². The SMILES string of the molecule is COC(=O)COc1c(C(=O)OC)sc2cc(C(C)=O)ccc12. The Labute approximate surface area is 130 Å². The van der Waals surface area contributed by atoms with Gasteiger partial charge in [0.25, 0.3) is 0 Å². The zero-order chi connectivity index (χ0) is 16.3. The summed E-state index contributed by atoms with van der Waals surface area (Å²) >= 11 is 1.14. The molecule has 0 atom stereocenters. The number of ketones is 1. The lowest BCUT2D eigenvalue weighted by Crippen LogP contribution is -2.13. The lowest BCUT2D eigenvalue weighted by molar-refractivity contribution is -0.142.